The van der Waals surface area contributed by atoms with Gasteiger partial charge in [0.1, 0.15) is 0 Å². The minimum absolute atomic E-state index is 0.0257. The molecule has 5 heteroatoms. The molecule has 1 aliphatic carbocycles. The zero-order chi connectivity index (χ0) is 12.3. The van der Waals surface area contributed by atoms with Gasteiger partial charge in [-0.05, 0) is 30.0 Å². The first-order valence-corrected chi connectivity index (χ1v) is 7.52. The molecule has 0 atom stereocenters. The van der Waals surface area contributed by atoms with Gasteiger partial charge in [0.15, 0.2) is 0 Å². The van der Waals surface area contributed by atoms with Crippen LogP contribution in [0.1, 0.15) is 24.8 Å². The summed E-state index contributed by atoms with van der Waals surface area (Å²) in [5.74, 6) is 0.770. The minimum atomic E-state index is -3.21. The predicted molar refractivity (Wildman–Crippen MR) is 68.8 cm³/mol. The van der Waals surface area contributed by atoms with Crippen molar-refractivity contribution >= 4 is 15.7 Å². The molecule has 1 fully saturated rings. The molecule has 3 N–H and O–H groups in total. The first-order valence-electron chi connectivity index (χ1n) is 5.87. The lowest BCUT2D eigenvalue weighted by atomic mass is 10.2. The van der Waals surface area contributed by atoms with Crippen molar-refractivity contribution in [2.24, 2.45) is 5.92 Å². The number of rotatable bonds is 6. The van der Waals surface area contributed by atoms with Crippen molar-refractivity contribution < 1.29 is 8.42 Å². The molecular weight excluding hydrogens is 236 g/mol. The molecule has 1 aliphatic rings. The molecule has 0 bridgehead atoms. The summed E-state index contributed by atoms with van der Waals surface area (Å²) < 4.78 is 26.1. The topological polar surface area (TPSA) is 72.2 Å². The molecule has 0 unspecified atom stereocenters. The van der Waals surface area contributed by atoms with Gasteiger partial charge >= 0.3 is 0 Å². The zero-order valence-corrected chi connectivity index (χ0v) is 10.5. The summed E-state index contributed by atoms with van der Waals surface area (Å²) in [5, 5.41) is 0. The highest BCUT2D eigenvalue weighted by molar-refractivity contribution is 7.88. The van der Waals surface area contributed by atoms with Gasteiger partial charge in [-0.25, -0.2) is 13.1 Å². The molecule has 1 aromatic carbocycles. The first kappa shape index (κ1) is 12.4. The average Bonchev–Trinajstić information content (AvgIpc) is 3.05. The van der Waals surface area contributed by atoms with Crippen molar-refractivity contribution in [2.75, 3.05) is 12.3 Å². The number of nitrogens with one attached hydrogen (secondary N) is 1. The molecule has 2 rings (SSSR count). The lowest BCUT2D eigenvalue weighted by molar-refractivity contribution is 0.574. The van der Waals surface area contributed by atoms with Gasteiger partial charge in [0.2, 0.25) is 10.0 Å². The van der Waals surface area contributed by atoms with Gasteiger partial charge in [0.25, 0.3) is 0 Å². The average molecular weight is 254 g/mol. The van der Waals surface area contributed by atoms with Crippen LogP contribution in [0.4, 0.5) is 5.69 Å². The summed E-state index contributed by atoms with van der Waals surface area (Å²) in [7, 11) is -3.21. The van der Waals surface area contributed by atoms with Crippen molar-refractivity contribution in [3.05, 3.63) is 29.8 Å². The maximum absolute atomic E-state index is 11.7. The minimum Gasteiger partial charge on any atom is -0.399 e. The van der Waals surface area contributed by atoms with Crippen LogP contribution < -0.4 is 10.5 Å². The molecular formula is C12H18N2O2S. The fourth-order valence-electron chi connectivity index (χ4n) is 1.71. The number of nitrogens with two attached hydrogens (primary N) is 1. The Morgan fingerprint density at radius 1 is 1.24 bits per heavy atom. The number of hydrogen-bond acceptors (Lipinski definition) is 3. The smallest absolute Gasteiger partial charge is 0.215 e. The van der Waals surface area contributed by atoms with Crippen LogP contribution in [0, 0.1) is 5.92 Å². The maximum atomic E-state index is 11.7. The SMILES string of the molecule is Nc1ccc(CS(=O)(=O)NCCC2CC2)cc1. The van der Waals surface area contributed by atoms with E-state index in [-0.39, 0.29) is 5.75 Å². The number of sulfonamides is 1. The Bertz CT molecular complexity index is 464. The Kier molecular flexibility index (Phi) is 3.69. The zero-order valence-electron chi connectivity index (χ0n) is 9.72. The molecule has 0 saturated heterocycles. The lowest BCUT2D eigenvalue weighted by Gasteiger charge is -2.06. The van der Waals surface area contributed by atoms with Crippen LogP contribution in [-0.4, -0.2) is 15.0 Å². The molecule has 94 valence electrons. The van der Waals surface area contributed by atoms with Crippen molar-refractivity contribution in [2.45, 2.75) is 25.0 Å². The van der Waals surface area contributed by atoms with E-state index >= 15 is 0 Å². The van der Waals surface area contributed by atoms with Crippen molar-refractivity contribution in [1.82, 2.24) is 4.72 Å². The lowest BCUT2D eigenvalue weighted by Crippen LogP contribution is -2.26. The fraction of sp³-hybridized carbons (Fsp3) is 0.500. The molecule has 17 heavy (non-hydrogen) atoms. The van der Waals surface area contributed by atoms with Crippen molar-refractivity contribution in [1.29, 1.82) is 0 Å². The van der Waals surface area contributed by atoms with Crippen LogP contribution in [0.5, 0.6) is 0 Å². The first-order chi connectivity index (χ1) is 8.05. The molecule has 0 spiro atoms. The molecule has 0 aromatic heterocycles. The predicted octanol–water partition coefficient (Wildman–Crippen LogP) is 1.49. The van der Waals surface area contributed by atoms with E-state index in [1.807, 2.05) is 0 Å². The quantitative estimate of drug-likeness (QED) is 0.755. The van der Waals surface area contributed by atoms with E-state index in [1.54, 1.807) is 24.3 Å². The highest BCUT2D eigenvalue weighted by Crippen LogP contribution is 2.31. The van der Waals surface area contributed by atoms with E-state index in [9.17, 15) is 8.42 Å². The van der Waals surface area contributed by atoms with Gasteiger partial charge in [-0.3, -0.25) is 0 Å². The molecule has 0 amide bonds. The van der Waals surface area contributed by atoms with Gasteiger partial charge in [-0.1, -0.05) is 25.0 Å². The second-order valence-electron chi connectivity index (χ2n) is 4.63. The monoisotopic (exact) mass is 254 g/mol. The van der Waals surface area contributed by atoms with Gasteiger partial charge in [0.05, 0.1) is 5.75 Å². The summed E-state index contributed by atoms with van der Waals surface area (Å²) in [4.78, 5) is 0. The standard InChI is InChI=1S/C12H18N2O2S/c13-12-5-3-11(4-6-12)9-17(15,16)14-8-7-10-1-2-10/h3-6,10,14H,1-2,7-9,13H2. The highest BCUT2D eigenvalue weighted by atomic mass is 32.2. The second-order valence-corrected chi connectivity index (χ2v) is 6.43. The van der Waals surface area contributed by atoms with E-state index in [0.717, 1.165) is 17.9 Å². The Labute approximate surface area is 102 Å². The van der Waals surface area contributed by atoms with Gasteiger partial charge in [-0.2, -0.15) is 0 Å². The van der Waals surface area contributed by atoms with E-state index in [0.29, 0.717) is 12.2 Å². The Balaban J connectivity index is 1.84. The molecule has 1 aromatic rings. The van der Waals surface area contributed by atoms with Crippen LogP contribution >= 0.6 is 0 Å². The molecule has 0 aliphatic heterocycles. The number of hydrogen-bond donors (Lipinski definition) is 2. The summed E-state index contributed by atoms with van der Waals surface area (Å²) in [6.45, 7) is 0.558. The highest BCUT2D eigenvalue weighted by Gasteiger charge is 2.21. The van der Waals surface area contributed by atoms with E-state index < -0.39 is 10.0 Å². The molecule has 4 nitrogen and oxygen atoms in total. The molecule has 0 heterocycles. The Morgan fingerprint density at radius 2 is 1.88 bits per heavy atom. The molecule has 1 saturated carbocycles. The third kappa shape index (κ3) is 4.36. The van der Waals surface area contributed by atoms with E-state index in [4.69, 9.17) is 5.73 Å². The van der Waals surface area contributed by atoms with Gasteiger partial charge in [-0.15, -0.1) is 0 Å². The molecule has 0 radical (unpaired) electrons. The Hall–Kier alpha value is -1.07. The van der Waals surface area contributed by atoms with Crippen LogP contribution in [0.25, 0.3) is 0 Å². The van der Waals surface area contributed by atoms with Gasteiger partial charge in [0, 0.05) is 12.2 Å². The number of benzene rings is 1. The third-order valence-electron chi connectivity index (χ3n) is 2.91. The maximum Gasteiger partial charge on any atom is 0.215 e. The van der Waals surface area contributed by atoms with Crippen molar-refractivity contribution in [3.63, 3.8) is 0 Å². The summed E-state index contributed by atoms with van der Waals surface area (Å²) in [6.07, 6.45) is 3.46. The fourth-order valence-corrected chi connectivity index (χ4v) is 2.87. The largest absolute Gasteiger partial charge is 0.399 e. The van der Waals surface area contributed by atoms with Crippen LogP contribution in [0.3, 0.4) is 0 Å². The van der Waals surface area contributed by atoms with E-state index in [2.05, 4.69) is 4.72 Å². The van der Waals surface area contributed by atoms with Crippen LogP contribution in [-0.2, 0) is 15.8 Å². The summed E-state index contributed by atoms with van der Waals surface area (Å²) in [5.41, 5.74) is 6.95. The normalized spacial score (nSPS) is 16.0. The van der Waals surface area contributed by atoms with Gasteiger partial charge < -0.3 is 5.73 Å². The van der Waals surface area contributed by atoms with Crippen molar-refractivity contribution in [3.8, 4) is 0 Å². The van der Waals surface area contributed by atoms with Crippen LogP contribution in [0.2, 0.25) is 0 Å². The summed E-state index contributed by atoms with van der Waals surface area (Å²) >= 11 is 0. The van der Waals surface area contributed by atoms with E-state index in [1.165, 1.54) is 12.8 Å². The third-order valence-corrected chi connectivity index (χ3v) is 4.27. The number of nitrogen functional groups attached to an aromatic ring is 1. The Morgan fingerprint density at radius 3 is 2.47 bits per heavy atom. The summed E-state index contributed by atoms with van der Waals surface area (Å²) in [6, 6.07) is 6.93. The number of anilines is 1. The second kappa shape index (κ2) is 5.06. The van der Waals surface area contributed by atoms with Crippen LogP contribution in [0.15, 0.2) is 24.3 Å².